The second kappa shape index (κ2) is 6.91. The van der Waals surface area contributed by atoms with Crippen LogP contribution in [0.15, 0.2) is 22.7 Å². The number of aromatic nitrogens is 1. The van der Waals surface area contributed by atoms with Gasteiger partial charge in [0, 0.05) is 9.26 Å². The average molecular weight is 414 g/mol. The SMILES string of the molecule is Cc1cc(I)ccc1NC(=O)COC(=O)c1c(C)noc1C. The normalized spacial score (nSPS) is 10.4. The Kier molecular flexibility index (Phi) is 5.17. The average Bonchev–Trinajstić information content (AvgIpc) is 2.79. The third kappa shape index (κ3) is 3.85. The van der Waals surface area contributed by atoms with Crippen LogP contribution in [0.25, 0.3) is 0 Å². The first-order chi connectivity index (χ1) is 10.4. The molecule has 0 spiro atoms. The molecule has 0 bridgehead atoms. The number of ether oxygens (including phenoxy) is 1. The Hall–Kier alpha value is -1.90. The summed E-state index contributed by atoms with van der Waals surface area (Å²) in [5.74, 6) is -0.647. The second-order valence-electron chi connectivity index (χ2n) is 4.78. The van der Waals surface area contributed by atoms with Gasteiger partial charge in [0.15, 0.2) is 6.61 Å². The minimum Gasteiger partial charge on any atom is -0.452 e. The lowest BCUT2D eigenvalue weighted by atomic mass is 10.2. The smallest absolute Gasteiger partial charge is 0.344 e. The molecular weight excluding hydrogens is 399 g/mol. The summed E-state index contributed by atoms with van der Waals surface area (Å²) in [5, 5.41) is 6.38. The lowest BCUT2D eigenvalue weighted by Gasteiger charge is -2.09. The Morgan fingerprint density at radius 1 is 1.32 bits per heavy atom. The molecule has 1 heterocycles. The minimum absolute atomic E-state index is 0.262. The van der Waals surface area contributed by atoms with Crippen LogP contribution in [0.2, 0.25) is 0 Å². The van der Waals surface area contributed by atoms with E-state index in [1.807, 2.05) is 25.1 Å². The first-order valence-corrected chi connectivity index (χ1v) is 7.62. The summed E-state index contributed by atoms with van der Waals surface area (Å²) in [5.41, 5.74) is 2.34. The highest BCUT2D eigenvalue weighted by molar-refractivity contribution is 14.1. The van der Waals surface area contributed by atoms with Gasteiger partial charge < -0.3 is 14.6 Å². The number of hydrogen-bond acceptors (Lipinski definition) is 5. The molecular formula is C15H15IN2O4. The standard InChI is InChI=1S/C15H15IN2O4/c1-8-6-11(16)4-5-12(8)17-13(19)7-21-15(20)14-9(2)18-22-10(14)3/h4-6H,7H2,1-3H3,(H,17,19). The zero-order chi connectivity index (χ0) is 16.3. The molecule has 6 nitrogen and oxygen atoms in total. The Labute approximate surface area is 141 Å². The van der Waals surface area contributed by atoms with Crippen LogP contribution in [0, 0.1) is 24.3 Å². The molecule has 0 atom stereocenters. The van der Waals surface area contributed by atoms with Crippen LogP contribution in [0.4, 0.5) is 5.69 Å². The van der Waals surface area contributed by atoms with Gasteiger partial charge in [0.2, 0.25) is 0 Å². The molecule has 0 aliphatic carbocycles. The summed E-state index contributed by atoms with van der Waals surface area (Å²) >= 11 is 2.20. The third-order valence-corrected chi connectivity index (χ3v) is 3.71. The number of esters is 1. The van der Waals surface area contributed by atoms with E-state index in [0.717, 1.165) is 9.13 Å². The van der Waals surface area contributed by atoms with Crippen LogP contribution >= 0.6 is 22.6 Å². The molecule has 0 saturated heterocycles. The van der Waals surface area contributed by atoms with Gasteiger partial charge in [-0.1, -0.05) is 5.16 Å². The third-order valence-electron chi connectivity index (χ3n) is 3.03. The number of halogens is 1. The van der Waals surface area contributed by atoms with E-state index in [4.69, 9.17) is 9.26 Å². The number of carbonyl (C=O) groups excluding carboxylic acids is 2. The predicted molar refractivity (Wildman–Crippen MR) is 88.8 cm³/mol. The number of carbonyl (C=O) groups is 2. The van der Waals surface area contributed by atoms with Crippen molar-refractivity contribution >= 4 is 40.2 Å². The van der Waals surface area contributed by atoms with Crippen molar-refractivity contribution in [3.63, 3.8) is 0 Å². The molecule has 2 rings (SSSR count). The van der Waals surface area contributed by atoms with Gasteiger partial charge in [-0.05, 0) is 67.1 Å². The molecule has 1 N–H and O–H groups in total. The van der Waals surface area contributed by atoms with Crippen molar-refractivity contribution in [2.45, 2.75) is 20.8 Å². The molecule has 0 saturated carbocycles. The molecule has 116 valence electrons. The molecule has 0 radical (unpaired) electrons. The Balaban J connectivity index is 1.94. The van der Waals surface area contributed by atoms with Gasteiger partial charge in [0.25, 0.3) is 5.91 Å². The van der Waals surface area contributed by atoms with Crippen molar-refractivity contribution in [3.05, 3.63) is 44.4 Å². The van der Waals surface area contributed by atoms with E-state index in [2.05, 4.69) is 33.1 Å². The summed E-state index contributed by atoms with van der Waals surface area (Å²) in [6.07, 6.45) is 0. The first-order valence-electron chi connectivity index (χ1n) is 6.54. The van der Waals surface area contributed by atoms with Gasteiger partial charge in [-0.25, -0.2) is 4.79 Å². The van der Waals surface area contributed by atoms with Gasteiger partial charge >= 0.3 is 5.97 Å². The largest absolute Gasteiger partial charge is 0.452 e. The predicted octanol–water partition coefficient (Wildman–Crippen LogP) is 3.00. The van der Waals surface area contributed by atoms with Crippen LogP contribution in [0.5, 0.6) is 0 Å². The van der Waals surface area contributed by atoms with E-state index in [1.165, 1.54) is 0 Å². The Bertz CT molecular complexity index is 705. The molecule has 1 amide bonds. The van der Waals surface area contributed by atoms with Crippen molar-refractivity contribution in [2.75, 3.05) is 11.9 Å². The van der Waals surface area contributed by atoms with E-state index in [0.29, 0.717) is 17.1 Å². The zero-order valence-electron chi connectivity index (χ0n) is 12.4. The number of rotatable bonds is 4. The van der Waals surface area contributed by atoms with Crippen LogP contribution in [0.1, 0.15) is 27.4 Å². The second-order valence-corrected chi connectivity index (χ2v) is 6.03. The van der Waals surface area contributed by atoms with Gasteiger partial charge in [0.1, 0.15) is 11.3 Å². The number of amides is 1. The molecule has 0 unspecified atom stereocenters. The van der Waals surface area contributed by atoms with Gasteiger partial charge in [-0.3, -0.25) is 4.79 Å². The zero-order valence-corrected chi connectivity index (χ0v) is 14.6. The molecule has 0 aliphatic rings. The Morgan fingerprint density at radius 3 is 2.64 bits per heavy atom. The van der Waals surface area contributed by atoms with Crippen molar-refractivity contribution in [1.29, 1.82) is 0 Å². The summed E-state index contributed by atoms with van der Waals surface area (Å²) in [4.78, 5) is 23.8. The van der Waals surface area contributed by atoms with Crippen molar-refractivity contribution in [3.8, 4) is 0 Å². The summed E-state index contributed by atoms with van der Waals surface area (Å²) in [6.45, 7) is 4.79. The van der Waals surface area contributed by atoms with Crippen molar-refractivity contribution in [1.82, 2.24) is 5.16 Å². The van der Waals surface area contributed by atoms with Gasteiger partial charge in [-0.2, -0.15) is 0 Å². The number of hydrogen-bond donors (Lipinski definition) is 1. The van der Waals surface area contributed by atoms with Crippen LogP contribution in [-0.2, 0) is 9.53 Å². The van der Waals surface area contributed by atoms with E-state index >= 15 is 0 Å². The topological polar surface area (TPSA) is 81.4 Å². The van der Waals surface area contributed by atoms with Crippen molar-refractivity contribution < 1.29 is 18.8 Å². The maximum Gasteiger partial charge on any atom is 0.344 e. The maximum atomic E-state index is 11.9. The molecule has 1 aromatic heterocycles. The molecule has 2 aromatic rings. The fourth-order valence-electron chi connectivity index (χ4n) is 1.93. The monoisotopic (exact) mass is 414 g/mol. The number of aryl methyl sites for hydroxylation is 3. The summed E-state index contributed by atoms with van der Waals surface area (Å²) in [6, 6.07) is 5.65. The Morgan fingerprint density at radius 2 is 2.05 bits per heavy atom. The van der Waals surface area contributed by atoms with E-state index in [9.17, 15) is 9.59 Å². The lowest BCUT2D eigenvalue weighted by molar-refractivity contribution is -0.119. The summed E-state index contributed by atoms with van der Waals surface area (Å²) in [7, 11) is 0. The molecule has 0 fully saturated rings. The fraction of sp³-hybridized carbons (Fsp3) is 0.267. The maximum absolute atomic E-state index is 11.9. The highest BCUT2D eigenvalue weighted by atomic mass is 127. The number of nitrogens with zero attached hydrogens (tertiary/aromatic N) is 1. The number of benzene rings is 1. The van der Waals surface area contributed by atoms with Gasteiger partial charge in [0.05, 0.1) is 5.69 Å². The quantitative estimate of drug-likeness (QED) is 0.615. The highest BCUT2D eigenvalue weighted by Crippen LogP contribution is 2.18. The van der Waals surface area contributed by atoms with Crippen LogP contribution in [0.3, 0.4) is 0 Å². The number of anilines is 1. The van der Waals surface area contributed by atoms with E-state index < -0.39 is 11.9 Å². The van der Waals surface area contributed by atoms with Crippen LogP contribution < -0.4 is 5.32 Å². The first kappa shape index (κ1) is 16.5. The molecule has 7 heteroatoms. The molecule has 0 aliphatic heterocycles. The lowest BCUT2D eigenvalue weighted by Crippen LogP contribution is -2.21. The van der Waals surface area contributed by atoms with Crippen LogP contribution in [-0.4, -0.2) is 23.6 Å². The van der Waals surface area contributed by atoms with Crippen molar-refractivity contribution in [2.24, 2.45) is 0 Å². The highest BCUT2D eigenvalue weighted by Gasteiger charge is 2.20. The summed E-state index contributed by atoms with van der Waals surface area (Å²) < 4.78 is 11.0. The number of nitrogens with one attached hydrogen (secondary N) is 1. The molecule has 22 heavy (non-hydrogen) atoms. The van der Waals surface area contributed by atoms with Gasteiger partial charge in [-0.15, -0.1) is 0 Å². The minimum atomic E-state index is -0.620. The van der Waals surface area contributed by atoms with E-state index in [1.54, 1.807) is 13.8 Å². The van der Waals surface area contributed by atoms with E-state index in [-0.39, 0.29) is 12.2 Å². The molecule has 1 aromatic carbocycles. The fourth-order valence-corrected chi connectivity index (χ4v) is 2.58.